The summed E-state index contributed by atoms with van der Waals surface area (Å²) in [6, 6.07) is 6.43. The maximum atomic E-state index is 13.3. The molecule has 1 aliphatic heterocycles. The second-order valence-corrected chi connectivity index (χ2v) is 11.5. The summed E-state index contributed by atoms with van der Waals surface area (Å²) in [6.45, 7) is 17.2. The fraction of sp³-hybridized carbons (Fsp3) is 0.581. The molecule has 7 heteroatoms. The van der Waals surface area contributed by atoms with E-state index in [0.29, 0.717) is 18.7 Å². The molecule has 210 valence electrons. The first kappa shape index (κ1) is 31.1. The Morgan fingerprint density at radius 3 is 2.58 bits per heavy atom. The topological polar surface area (TPSA) is 87.7 Å². The number of unbranched alkanes of at least 4 members (excludes halogenated alkanes) is 1. The summed E-state index contributed by atoms with van der Waals surface area (Å²) in [7, 11) is 1.26. The van der Waals surface area contributed by atoms with Crippen molar-refractivity contribution in [3.05, 3.63) is 48.1 Å². The van der Waals surface area contributed by atoms with Gasteiger partial charge in [-0.2, -0.15) is 0 Å². The van der Waals surface area contributed by atoms with Crippen LogP contribution in [0.1, 0.15) is 85.6 Å². The van der Waals surface area contributed by atoms with E-state index >= 15 is 0 Å². The van der Waals surface area contributed by atoms with E-state index in [-0.39, 0.29) is 23.1 Å². The van der Waals surface area contributed by atoms with Crippen LogP contribution < -0.4 is 10.6 Å². The van der Waals surface area contributed by atoms with Gasteiger partial charge in [-0.05, 0) is 67.2 Å². The van der Waals surface area contributed by atoms with E-state index in [9.17, 15) is 14.4 Å². The van der Waals surface area contributed by atoms with Crippen molar-refractivity contribution in [1.29, 1.82) is 0 Å². The third-order valence-electron chi connectivity index (χ3n) is 7.29. The molecule has 1 heterocycles. The molecule has 3 amide bonds. The van der Waals surface area contributed by atoms with Gasteiger partial charge in [0.1, 0.15) is 12.1 Å². The number of nitrogens with one attached hydrogen (secondary N) is 2. The Balaban J connectivity index is 2.20. The van der Waals surface area contributed by atoms with Crippen molar-refractivity contribution in [1.82, 2.24) is 10.2 Å². The number of amides is 3. The Morgan fingerprint density at radius 1 is 1.26 bits per heavy atom. The van der Waals surface area contributed by atoms with Gasteiger partial charge in [0.25, 0.3) is 0 Å². The Labute approximate surface area is 229 Å². The summed E-state index contributed by atoms with van der Waals surface area (Å²) in [5, 5.41) is 5.64. The van der Waals surface area contributed by atoms with Gasteiger partial charge in [-0.3, -0.25) is 9.59 Å². The van der Waals surface area contributed by atoms with Gasteiger partial charge >= 0.3 is 6.09 Å². The lowest BCUT2D eigenvalue weighted by Crippen LogP contribution is -2.54. The molecule has 1 aliphatic rings. The molecule has 2 N–H and O–H groups in total. The van der Waals surface area contributed by atoms with Crippen LogP contribution in [0.2, 0.25) is 0 Å². The Hall–Kier alpha value is -3.09. The van der Waals surface area contributed by atoms with Crippen LogP contribution in [0.5, 0.6) is 0 Å². The second kappa shape index (κ2) is 14.2. The quantitative estimate of drug-likeness (QED) is 0.302. The highest BCUT2D eigenvalue weighted by Crippen LogP contribution is 2.35. The normalized spacial score (nSPS) is 17.1. The van der Waals surface area contributed by atoms with Crippen molar-refractivity contribution in [3.63, 3.8) is 0 Å². The monoisotopic (exact) mass is 525 g/mol. The van der Waals surface area contributed by atoms with E-state index in [1.54, 1.807) is 4.90 Å². The van der Waals surface area contributed by atoms with Crippen molar-refractivity contribution in [2.75, 3.05) is 19.0 Å². The van der Waals surface area contributed by atoms with E-state index in [1.165, 1.54) is 31.9 Å². The van der Waals surface area contributed by atoms with Gasteiger partial charge < -0.3 is 20.3 Å². The molecule has 1 aromatic carbocycles. The molecule has 0 spiro atoms. The summed E-state index contributed by atoms with van der Waals surface area (Å²) >= 11 is 0. The predicted molar refractivity (Wildman–Crippen MR) is 155 cm³/mol. The third kappa shape index (κ3) is 8.47. The van der Waals surface area contributed by atoms with Crippen molar-refractivity contribution in [2.45, 2.75) is 92.2 Å². The minimum Gasteiger partial charge on any atom is -0.453 e. The largest absolute Gasteiger partial charge is 0.453 e. The summed E-state index contributed by atoms with van der Waals surface area (Å²) in [5.41, 5.74) is 4.24. The summed E-state index contributed by atoms with van der Waals surface area (Å²) in [6.07, 6.45) is 7.07. The van der Waals surface area contributed by atoms with Gasteiger partial charge in [-0.25, -0.2) is 4.79 Å². The number of benzene rings is 1. The van der Waals surface area contributed by atoms with Gasteiger partial charge in [0.15, 0.2) is 0 Å². The van der Waals surface area contributed by atoms with Crippen LogP contribution >= 0.6 is 0 Å². The number of rotatable bonds is 12. The molecule has 1 unspecified atom stereocenters. The van der Waals surface area contributed by atoms with Gasteiger partial charge in [-0.15, -0.1) is 0 Å². The van der Waals surface area contributed by atoms with Crippen molar-refractivity contribution in [3.8, 4) is 0 Å². The number of allylic oxidation sites excluding steroid dienone is 3. The first-order valence-corrected chi connectivity index (χ1v) is 13.8. The zero-order valence-corrected chi connectivity index (χ0v) is 24.4. The lowest BCUT2D eigenvalue weighted by atomic mass is 9.79. The molecule has 0 radical (unpaired) electrons. The number of hydrogen-bond acceptors (Lipinski definition) is 4. The van der Waals surface area contributed by atoms with Crippen molar-refractivity contribution < 1.29 is 19.1 Å². The van der Waals surface area contributed by atoms with Crippen LogP contribution in [0.25, 0.3) is 5.57 Å². The molecule has 38 heavy (non-hydrogen) atoms. The van der Waals surface area contributed by atoms with E-state index in [4.69, 9.17) is 0 Å². The standard InChI is InChI=1S/C31H47N3O4/c1-9-11-17-31(6,7)20-22(5)25(10-2)23-14-12-15-24(19-23)32-28(35)26-16-13-18-34(26)29(36)27(21(3)4)33-30(37)38-8/h10,12,14-15,19,21,26-27H,2,9,11,13,16-18,20H2,1,3-8H3,(H,32,35)(H,33,37)/b25-22-/t26?,27-/m0/s1. The van der Waals surface area contributed by atoms with Gasteiger partial charge in [0, 0.05) is 12.2 Å². The number of hydrogen-bond donors (Lipinski definition) is 2. The van der Waals surface area contributed by atoms with Crippen molar-refractivity contribution in [2.24, 2.45) is 11.3 Å². The Bertz CT molecular complexity index is 1030. The number of likely N-dealkylation sites (tertiary alicyclic amines) is 1. The van der Waals surface area contributed by atoms with Crippen LogP contribution in [-0.2, 0) is 14.3 Å². The van der Waals surface area contributed by atoms with Crippen molar-refractivity contribution >= 4 is 29.2 Å². The zero-order chi connectivity index (χ0) is 28.5. The summed E-state index contributed by atoms with van der Waals surface area (Å²) in [4.78, 5) is 40.0. The molecule has 2 atom stereocenters. The number of alkyl carbamates (subject to hydrolysis) is 1. The highest BCUT2D eigenvalue weighted by Gasteiger charge is 2.38. The number of carbonyl (C=O) groups is 3. The first-order chi connectivity index (χ1) is 17.9. The van der Waals surface area contributed by atoms with Crippen LogP contribution in [0, 0.1) is 11.3 Å². The van der Waals surface area contributed by atoms with Gasteiger partial charge in [0.05, 0.1) is 7.11 Å². The predicted octanol–water partition coefficient (Wildman–Crippen LogP) is 6.56. The molecular formula is C31H47N3O4. The maximum absolute atomic E-state index is 13.3. The van der Waals surface area contributed by atoms with Crippen LogP contribution in [0.15, 0.2) is 42.5 Å². The molecule has 2 rings (SSSR count). The molecule has 0 saturated carbocycles. The highest BCUT2D eigenvalue weighted by molar-refractivity contribution is 5.99. The van der Waals surface area contributed by atoms with E-state index < -0.39 is 18.2 Å². The highest BCUT2D eigenvalue weighted by atomic mass is 16.5. The zero-order valence-electron chi connectivity index (χ0n) is 24.4. The van der Waals surface area contributed by atoms with E-state index in [1.807, 2.05) is 44.2 Å². The summed E-state index contributed by atoms with van der Waals surface area (Å²) in [5.74, 6) is -0.646. The van der Waals surface area contributed by atoms with Gasteiger partial charge in [-0.1, -0.05) is 77.8 Å². The molecule has 1 saturated heterocycles. The molecule has 0 aromatic heterocycles. The minimum absolute atomic E-state index is 0.151. The molecule has 7 nitrogen and oxygen atoms in total. The Kier molecular flexibility index (Phi) is 11.6. The molecule has 1 fully saturated rings. The second-order valence-electron chi connectivity index (χ2n) is 11.5. The number of methoxy groups -OCH3 is 1. The average Bonchev–Trinajstić information content (AvgIpc) is 3.36. The maximum Gasteiger partial charge on any atom is 0.407 e. The number of carbonyl (C=O) groups excluding carboxylic acids is 3. The number of ether oxygens (including phenoxy) is 1. The van der Waals surface area contributed by atoms with Crippen LogP contribution in [0.4, 0.5) is 10.5 Å². The van der Waals surface area contributed by atoms with Crippen LogP contribution in [-0.4, -0.2) is 48.5 Å². The number of nitrogens with zero attached hydrogens (tertiary/aromatic N) is 1. The SMILES string of the molecule is C=C/C(=C(\C)CC(C)(C)CCCC)c1cccc(NC(=O)C2CCCN2C(=O)[C@@H](NC(=O)OC)C(C)C)c1. The lowest BCUT2D eigenvalue weighted by molar-refractivity contribution is -0.139. The molecule has 1 aromatic rings. The lowest BCUT2D eigenvalue weighted by Gasteiger charge is -2.30. The summed E-state index contributed by atoms with van der Waals surface area (Å²) < 4.78 is 4.69. The van der Waals surface area contributed by atoms with E-state index in [0.717, 1.165) is 24.0 Å². The smallest absolute Gasteiger partial charge is 0.407 e. The third-order valence-corrected chi connectivity index (χ3v) is 7.29. The first-order valence-electron chi connectivity index (χ1n) is 13.8. The van der Waals surface area contributed by atoms with E-state index in [2.05, 4.69) is 49.6 Å². The molecular weight excluding hydrogens is 478 g/mol. The van der Waals surface area contributed by atoms with Crippen LogP contribution in [0.3, 0.4) is 0 Å². The Morgan fingerprint density at radius 2 is 1.97 bits per heavy atom. The fourth-order valence-electron chi connectivity index (χ4n) is 5.27. The average molecular weight is 526 g/mol. The minimum atomic E-state index is -0.760. The number of anilines is 1. The molecule has 0 aliphatic carbocycles. The fourth-order valence-corrected chi connectivity index (χ4v) is 5.27. The van der Waals surface area contributed by atoms with Gasteiger partial charge in [0.2, 0.25) is 11.8 Å². The molecule has 0 bridgehead atoms.